The third kappa shape index (κ3) is 3.69. The number of carbonyl (C=O) groups excluding carboxylic acids is 1. The van der Waals surface area contributed by atoms with Gasteiger partial charge in [-0.15, -0.1) is 0 Å². The van der Waals surface area contributed by atoms with Gasteiger partial charge in [-0.2, -0.15) is 10.0 Å². The van der Waals surface area contributed by atoms with Gasteiger partial charge in [0.05, 0.1) is 0 Å². The average molecular weight is 336 g/mol. The molecule has 2 aromatic rings. The molecule has 1 aliphatic heterocycles. The topological polar surface area (TPSA) is 70.1 Å². The highest BCUT2D eigenvalue weighted by Crippen LogP contribution is 2.27. The molecule has 1 N–H and O–H groups in total. The second-order valence-corrected chi connectivity index (χ2v) is 5.24. The van der Waals surface area contributed by atoms with E-state index in [0.29, 0.717) is 0 Å². The Morgan fingerprint density at radius 3 is 1.76 bits per heavy atom. The molecule has 6 nitrogen and oxygen atoms in total. The largest absolute Gasteiger partial charge is 0.463 e. The molecule has 0 spiro atoms. The predicted molar refractivity (Wildman–Crippen MR) is 91.2 cm³/mol. The minimum atomic E-state index is -1.28. The number of hydrazine groups is 1. The molecule has 0 aliphatic carbocycles. The zero-order chi connectivity index (χ0) is 17.6. The van der Waals surface area contributed by atoms with Gasteiger partial charge in [-0.3, -0.25) is 0 Å². The van der Waals surface area contributed by atoms with Gasteiger partial charge in [-0.1, -0.05) is 60.7 Å². The number of rotatable bonds is 3. The molecule has 3 rings (SSSR count). The molecule has 2 aromatic carbocycles. The molecule has 0 bridgehead atoms. The zero-order valence-electron chi connectivity index (χ0n) is 13.2. The van der Waals surface area contributed by atoms with Gasteiger partial charge in [0.15, 0.2) is 6.10 Å². The Kier molecular flexibility index (Phi) is 4.80. The Bertz CT molecular complexity index is 763. The van der Waals surface area contributed by atoms with Crippen LogP contribution < -0.4 is 0 Å². The van der Waals surface area contributed by atoms with Crippen molar-refractivity contribution in [3.63, 3.8) is 0 Å². The van der Waals surface area contributed by atoms with Crippen LogP contribution in [0.5, 0.6) is 0 Å². The third-order valence-corrected chi connectivity index (χ3v) is 3.60. The second kappa shape index (κ2) is 7.35. The fraction of sp³-hybridized carbons (Fsp3) is 0.0526. The van der Waals surface area contributed by atoms with Crippen LogP contribution in [0.15, 0.2) is 85.2 Å². The van der Waals surface area contributed by atoms with E-state index in [1.54, 1.807) is 6.08 Å². The van der Waals surface area contributed by atoms with Gasteiger partial charge in [0.2, 0.25) is 0 Å². The lowest BCUT2D eigenvalue weighted by molar-refractivity contribution is 0.0277. The molecule has 0 aromatic heterocycles. The minimum Gasteiger partial charge on any atom is -0.463 e. The van der Waals surface area contributed by atoms with E-state index < -0.39 is 18.3 Å². The van der Waals surface area contributed by atoms with Gasteiger partial charge < -0.3 is 9.84 Å². The molecular weight excluding hydrogens is 320 g/mol. The SMILES string of the molecule is O=C(O)N1C=CC=CN1C(=O)OC(c1ccccc1)c1ccccc1. The molecule has 0 saturated heterocycles. The van der Waals surface area contributed by atoms with Crippen molar-refractivity contribution in [1.29, 1.82) is 0 Å². The fourth-order valence-corrected chi connectivity index (χ4v) is 2.45. The quantitative estimate of drug-likeness (QED) is 0.914. The first kappa shape index (κ1) is 16.3. The van der Waals surface area contributed by atoms with Crippen LogP contribution in [-0.2, 0) is 4.74 Å². The van der Waals surface area contributed by atoms with Crippen molar-refractivity contribution >= 4 is 12.2 Å². The van der Waals surface area contributed by atoms with Gasteiger partial charge in [-0.05, 0) is 23.3 Å². The number of hydrogen-bond acceptors (Lipinski definition) is 3. The summed E-state index contributed by atoms with van der Waals surface area (Å²) >= 11 is 0. The lowest BCUT2D eigenvalue weighted by Crippen LogP contribution is -2.44. The van der Waals surface area contributed by atoms with Crippen LogP contribution in [0.3, 0.4) is 0 Å². The summed E-state index contributed by atoms with van der Waals surface area (Å²) < 4.78 is 5.64. The first-order valence-corrected chi connectivity index (χ1v) is 7.63. The fourth-order valence-electron chi connectivity index (χ4n) is 2.45. The maximum atomic E-state index is 12.6. The number of hydrogen-bond donors (Lipinski definition) is 1. The van der Waals surface area contributed by atoms with E-state index >= 15 is 0 Å². The Morgan fingerprint density at radius 2 is 1.28 bits per heavy atom. The molecule has 1 heterocycles. The van der Waals surface area contributed by atoms with E-state index in [-0.39, 0.29) is 0 Å². The minimum absolute atomic E-state index is 0.648. The molecule has 126 valence electrons. The molecule has 0 saturated carbocycles. The number of benzene rings is 2. The van der Waals surface area contributed by atoms with Crippen LogP contribution in [0.2, 0.25) is 0 Å². The highest BCUT2D eigenvalue weighted by molar-refractivity contribution is 5.75. The number of allylic oxidation sites excluding steroid dienone is 2. The third-order valence-electron chi connectivity index (χ3n) is 3.60. The maximum Gasteiger partial charge on any atom is 0.434 e. The first-order valence-electron chi connectivity index (χ1n) is 7.63. The molecule has 6 heteroatoms. The zero-order valence-corrected chi connectivity index (χ0v) is 13.2. The van der Waals surface area contributed by atoms with Gasteiger partial charge in [0.1, 0.15) is 0 Å². The Labute approximate surface area is 144 Å². The van der Waals surface area contributed by atoms with Crippen LogP contribution >= 0.6 is 0 Å². The van der Waals surface area contributed by atoms with Crippen molar-refractivity contribution in [1.82, 2.24) is 10.0 Å². The highest BCUT2D eigenvalue weighted by atomic mass is 16.6. The number of carbonyl (C=O) groups is 2. The smallest absolute Gasteiger partial charge is 0.434 e. The molecule has 0 fully saturated rings. The Balaban J connectivity index is 1.88. The molecule has 1 aliphatic rings. The van der Waals surface area contributed by atoms with Crippen LogP contribution in [0.4, 0.5) is 9.59 Å². The summed E-state index contributed by atoms with van der Waals surface area (Å²) in [7, 11) is 0. The van der Waals surface area contributed by atoms with E-state index in [4.69, 9.17) is 4.74 Å². The van der Waals surface area contributed by atoms with Crippen molar-refractivity contribution in [3.8, 4) is 0 Å². The van der Waals surface area contributed by atoms with Crippen LogP contribution in [-0.4, -0.2) is 27.3 Å². The lowest BCUT2D eigenvalue weighted by atomic mass is 10.0. The average Bonchev–Trinajstić information content (AvgIpc) is 2.67. The van der Waals surface area contributed by atoms with Crippen LogP contribution in [0.1, 0.15) is 17.2 Å². The van der Waals surface area contributed by atoms with Gasteiger partial charge in [0.25, 0.3) is 0 Å². The van der Waals surface area contributed by atoms with E-state index in [2.05, 4.69) is 0 Å². The number of carboxylic acid groups (broad SMARTS) is 1. The number of ether oxygens (including phenoxy) is 1. The van der Waals surface area contributed by atoms with Crippen LogP contribution in [0, 0.1) is 0 Å². The molecule has 0 unspecified atom stereocenters. The summed E-state index contributed by atoms with van der Waals surface area (Å²) in [6.07, 6.45) is 2.96. The van der Waals surface area contributed by atoms with Gasteiger partial charge in [-0.25, -0.2) is 9.59 Å². The first-order chi connectivity index (χ1) is 12.2. The highest BCUT2D eigenvalue weighted by Gasteiger charge is 2.28. The predicted octanol–water partition coefficient (Wildman–Crippen LogP) is 4.15. The van der Waals surface area contributed by atoms with E-state index in [9.17, 15) is 14.7 Å². The molecule has 25 heavy (non-hydrogen) atoms. The van der Waals surface area contributed by atoms with Gasteiger partial charge in [0, 0.05) is 12.4 Å². The molecule has 2 amide bonds. The Morgan fingerprint density at radius 1 is 0.800 bits per heavy atom. The summed E-state index contributed by atoms with van der Waals surface area (Å²) in [6, 6.07) is 18.6. The summed E-state index contributed by atoms with van der Waals surface area (Å²) in [5, 5.41) is 10.9. The summed E-state index contributed by atoms with van der Waals surface area (Å²) in [5.41, 5.74) is 1.58. The summed E-state index contributed by atoms with van der Waals surface area (Å²) in [5.74, 6) is 0. The number of amides is 2. The van der Waals surface area contributed by atoms with Crippen LogP contribution in [0.25, 0.3) is 0 Å². The molecular formula is C19H16N2O4. The second-order valence-electron chi connectivity index (χ2n) is 5.24. The standard InChI is InChI=1S/C19H16N2O4/c22-18(23)20-13-7-8-14-21(20)19(24)25-17(15-9-3-1-4-10-15)16-11-5-2-6-12-16/h1-14,17H,(H,22,23). The lowest BCUT2D eigenvalue weighted by Gasteiger charge is -2.29. The van der Waals surface area contributed by atoms with Crippen molar-refractivity contribution in [2.75, 3.05) is 0 Å². The van der Waals surface area contributed by atoms with E-state index in [0.717, 1.165) is 21.1 Å². The maximum absolute atomic E-state index is 12.6. The van der Waals surface area contributed by atoms with Crippen molar-refractivity contribution in [2.24, 2.45) is 0 Å². The van der Waals surface area contributed by atoms with E-state index in [1.165, 1.54) is 18.5 Å². The van der Waals surface area contributed by atoms with E-state index in [1.807, 2.05) is 60.7 Å². The van der Waals surface area contributed by atoms with Crippen molar-refractivity contribution in [3.05, 3.63) is 96.3 Å². The van der Waals surface area contributed by atoms with Crippen molar-refractivity contribution < 1.29 is 19.4 Å². The molecule has 0 radical (unpaired) electrons. The van der Waals surface area contributed by atoms with Gasteiger partial charge >= 0.3 is 12.2 Å². The normalized spacial score (nSPS) is 13.2. The monoisotopic (exact) mass is 336 g/mol. The van der Waals surface area contributed by atoms with Crippen molar-refractivity contribution in [2.45, 2.75) is 6.10 Å². The summed E-state index contributed by atoms with van der Waals surface area (Å²) in [4.78, 5) is 23.9. The Hall–Kier alpha value is -3.54. The molecule has 0 atom stereocenters. The number of nitrogens with zero attached hydrogens (tertiary/aromatic N) is 2. The summed E-state index contributed by atoms with van der Waals surface area (Å²) in [6.45, 7) is 0.